The second kappa shape index (κ2) is 8.65. The van der Waals surface area contributed by atoms with E-state index in [4.69, 9.17) is 0 Å². The molecule has 29 heavy (non-hydrogen) atoms. The first-order chi connectivity index (χ1) is 13.7. The van der Waals surface area contributed by atoms with Crippen LogP contribution in [-0.4, -0.2) is 57.6 Å². The lowest BCUT2D eigenvalue weighted by atomic mass is 10.1. The van der Waals surface area contributed by atoms with Crippen LogP contribution >= 0.6 is 0 Å². The number of amides is 2. The molecule has 0 spiro atoms. The third-order valence-electron chi connectivity index (χ3n) is 4.84. The molecule has 1 fully saturated rings. The molecule has 0 saturated carbocycles. The molecule has 3 rings (SSSR count). The van der Waals surface area contributed by atoms with Crippen molar-refractivity contribution in [2.75, 3.05) is 42.7 Å². The van der Waals surface area contributed by atoms with E-state index < -0.39 is 9.84 Å². The number of hydrogen-bond donors (Lipinski definition) is 1. The van der Waals surface area contributed by atoms with E-state index in [1.54, 1.807) is 31.2 Å². The molecule has 1 N–H and O–H groups in total. The molecule has 0 bridgehead atoms. The number of benzene rings is 2. The molecule has 0 unspecified atom stereocenters. The maximum Gasteiger partial charge on any atom is 0.255 e. The van der Waals surface area contributed by atoms with Gasteiger partial charge in [0.2, 0.25) is 5.91 Å². The van der Waals surface area contributed by atoms with E-state index in [1.807, 2.05) is 29.2 Å². The highest BCUT2D eigenvalue weighted by atomic mass is 32.2. The van der Waals surface area contributed by atoms with Crippen LogP contribution in [0.3, 0.4) is 0 Å². The Morgan fingerprint density at radius 2 is 1.69 bits per heavy atom. The Bertz CT molecular complexity index is 1010. The molecular formula is C21H25N3O4S. The monoisotopic (exact) mass is 415 g/mol. The SMILES string of the molecule is CC(=O)N1CCN(c2ccccc2NC(=O)c2cccc(CS(C)(=O)=O)c2)CC1. The Morgan fingerprint density at radius 3 is 2.34 bits per heavy atom. The minimum absolute atomic E-state index is 0.0696. The van der Waals surface area contributed by atoms with Gasteiger partial charge < -0.3 is 15.1 Å². The highest BCUT2D eigenvalue weighted by molar-refractivity contribution is 7.89. The molecule has 0 radical (unpaired) electrons. The molecule has 1 saturated heterocycles. The highest BCUT2D eigenvalue weighted by Gasteiger charge is 2.21. The summed E-state index contributed by atoms with van der Waals surface area (Å²) in [5.41, 5.74) is 2.56. The molecule has 154 valence electrons. The van der Waals surface area contributed by atoms with E-state index >= 15 is 0 Å². The first kappa shape index (κ1) is 20.9. The zero-order valence-corrected chi connectivity index (χ0v) is 17.4. The maximum atomic E-state index is 12.8. The van der Waals surface area contributed by atoms with Crippen LogP contribution in [-0.2, 0) is 20.4 Å². The van der Waals surface area contributed by atoms with Gasteiger partial charge in [-0.25, -0.2) is 8.42 Å². The number of carbonyl (C=O) groups is 2. The first-order valence-corrected chi connectivity index (χ1v) is 11.5. The van der Waals surface area contributed by atoms with Gasteiger partial charge in [-0.05, 0) is 29.8 Å². The number of hydrogen-bond acceptors (Lipinski definition) is 5. The summed E-state index contributed by atoms with van der Waals surface area (Å²) in [6.07, 6.45) is 1.17. The molecule has 0 aromatic heterocycles. The molecule has 7 nitrogen and oxygen atoms in total. The van der Waals surface area contributed by atoms with Crippen LogP contribution in [0.1, 0.15) is 22.8 Å². The molecule has 0 aliphatic carbocycles. The summed E-state index contributed by atoms with van der Waals surface area (Å²) >= 11 is 0. The summed E-state index contributed by atoms with van der Waals surface area (Å²) < 4.78 is 23.1. The normalized spacial score (nSPS) is 14.6. The predicted octanol–water partition coefficient (Wildman–Crippen LogP) is 2.15. The Labute approximate surface area is 171 Å². The fourth-order valence-electron chi connectivity index (χ4n) is 3.42. The number of anilines is 2. The minimum Gasteiger partial charge on any atom is -0.366 e. The van der Waals surface area contributed by atoms with Crippen molar-refractivity contribution in [3.63, 3.8) is 0 Å². The van der Waals surface area contributed by atoms with E-state index in [9.17, 15) is 18.0 Å². The predicted molar refractivity (Wildman–Crippen MR) is 114 cm³/mol. The fraction of sp³-hybridized carbons (Fsp3) is 0.333. The zero-order valence-electron chi connectivity index (χ0n) is 16.6. The van der Waals surface area contributed by atoms with Gasteiger partial charge in [-0.2, -0.15) is 0 Å². The minimum atomic E-state index is -3.18. The van der Waals surface area contributed by atoms with Gasteiger partial charge in [0.25, 0.3) is 5.91 Å². The Morgan fingerprint density at radius 1 is 1.00 bits per heavy atom. The fourth-order valence-corrected chi connectivity index (χ4v) is 4.20. The third kappa shape index (κ3) is 5.57. The quantitative estimate of drug-likeness (QED) is 0.809. The summed E-state index contributed by atoms with van der Waals surface area (Å²) in [6.45, 7) is 4.24. The first-order valence-electron chi connectivity index (χ1n) is 9.40. The number of nitrogens with zero attached hydrogens (tertiary/aromatic N) is 2. The number of carbonyl (C=O) groups excluding carboxylic acids is 2. The van der Waals surface area contributed by atoms with Crippen molar-refractivity contribution in [1.82, 2.24) is 4.90 Å². The topological polar surface area (TPSA) is 86.8 Å². The van der Waals surface area contributed by atoms with Crippen molar-refractivity contribution in [3.8, 4) is 0 Å². The molecule has 2 aromatic carbocycles. The van der Waals surface area contributed by atoms with Crippen LogP contribution in [0.2, 0.25) is 0 Å². The van der Waals surface area contributed by atoms with Gasteiger partial charge in [-0.3, -0.25) is 9.59 Å². The summed E-state index contributed by atoms with van der Waals surface area (Å²) in [5.74, 6) is -0.333. The summed E-state index contributed by atoms with van der Waals surface area (Å²) in [4.78, 5) is 28.3. The van der Waals surface area contributed by atoms with Crippen molar-refractivity contribution in [2.45, 2.75) is 12.7 Å². The van der Waals surface area contributed by atoms with E-state index in [2.05, 4.69) is 10.2 Å². The smallest absolute Gasteiger partial charge is 0.255 e. The molecule has 0 atom stereocenters. The van der Waals surface area contributed by atoms with E-state index in [0.717, 1.165) is 5.69 Å². The van der Waals surface area contributed by atoms with Crippen molar-refractivity contribution < 1.29 is 18.0 Å². The van der Waals surface area contributed by atoms with Crippen LogP contribution in [0, 0.1) is 0 Å². The molecule has 2 amide bonds. The summed E-state index contributed by atoms with van der Waals surface area (Å²) in [7, 11) is -3.18. The summed E-state index contributed by atoms with van der Waals surface area (Å²) in [6, 6.07) is 14.2. The van der Waals surface area contributed by atoms with Gasteiger partial charge in [0.15, 0.2) is 9.84 Å². The number of nitrogens with one attached hydrogen (secondary N) is 1. The number of piperazine rings is 1. The van der Waals surface area contributed by atoms with Gasteiger partial charge in [-0.1, -0.05) is 24.3 Å². The Hall–Kier alpha value is -2.87. The van der Waals surface area contributed by atoms with Gasteiger partial charge in [0.05, 0.1) is 17.1 Å². The lowest BCUT2D eigenvalue weighted by molar-refractivity contribution is -0.129. The second-order valence-corrected chi connectivity index (χ2v) is 9.38. The Balaban J connectivity index is 1.75. The van der Waals surface area contributed by atoms with Gasteiger partial charge in [-0.15, -0.1) is 0 Å². The van der Waals surface area contributed by atoms with E-state index in [-0.39, 0.29) is 17.6 Å². The van der Waals surface area contributed by atoms with Crippen molar-refractivity contribution in [2.24, 2.45) is 0 Å². The largest absolute Gasteiger partial charge is 0.366 e. The van der Waals surface area contributed by atoms with Crippen molar-refractivity contribution in [3.05, 3.63) is 59.7 Å². The van der Waals surface area contributed by atoms with Crippen LogP contribution in [0.4, 0.5) is 11.4 Å². The maximum absolute atomic E-state index is 12.8. The lowest BCUT2D eigenvalue weighted by Gasteiger charge is -2.36. The molecule has 1 heterocycles. The van der Waals surface area contributed by atoms with Crippen molar-refractivity contribution >= 4 is 33.0 Å². The van der Waals surface area contributed by atoms with Gasteiger partial charge in [0.1, 0.15) is 0 Å². The number of para-hydroxylation sites is 2. The number of sulfone groups is 1. The van der Waals surface area contributed by atoms with E-state index in [0.29, 0.717) is 43.0 Å². The van der Waals surface area contributed by atoms with Gasteiger partial charge in [0, 0.05) is 44.9 Å². The van der Waals surface area contributed by atoms with E-state index in [1.165, 1.54) is 6.26 Å². The van der Waals surface area contributed by atoms with Crippen LogP contribution in [0.5, 0.6) is 0 Å². The summed E-state index contributed by atoms with van der Waals surface area (Å²) in [5, 5.41) is 2.94. The molecule has 1 aliphatic rings. The van der Waals surface area contributed by atoms with Crippen LogP contribution in [0.15, 0.2) is 48.5 Å². The molecule has 2 aromatic rings. The standard InChI is InChI=1S/C21H25N3O4S/c1-16(25)23-10-12-24(13-11-23)20-9-4-3-8-19(20)22-21(26)18-7-5-6-17(14-18)15-29(2,27)28/h3-9,14H,10-13,15H2,1-2H3,(H,22,26). The van der Waals surface area contributed by atoms with Crippen LogP contribution < -0.4 is 10.2 Å². The van der Waals surface area contributed by atoms with Gasteiger partial charge >= 0.3 is 0 Å². The molecule has 8 heteroatoms. The lowest BCUT2D eigenvalue weighted by Crippen LogP contribution is -2.48. The number of rotatable bonds is 5. The molecular weight excluding hydrogens is 390 g/mol. The van der Waals surface area contributed by atoms with Crippen molar-refractivity contribution in [1.29, 1.82) is 0 Å². The highest BCUT2D eigenvalue weighted by Crippen LogP contribution is 2.27. The third-order valence-corrected chi connectivity index (χ3v) is 5.69. The average Bonchev–Trinajstić information content (AvgIpc) is 2.67. The molecule has 1 aliphatic heterocycles. The Kier molecular flexibility index (Phi) is 6.22. The van der Waals surface area contributed by atoms with Crippen LogP contribution in [0.25, 0.3) is 0 Å². The second-order valence-electron chi connectivity index (χ2n) is 7.23. The zero-order chi connectivity index (χ0) is 21.0. The average molecular weight is 416 g/mol.